The van der Waals surface area contributed by atoms with Crippen molar-refractivity contribution in [3.05, 3.63) is 57.6 Å². The van der Waals surface area contributed by atoms with Crippen LogP contribution >= 0.6 is 15.9 Å². The fraction of sp³-hybridized carbons (Fsp3) is 0.333. The van der Waals surface area contributed by atoms with Gasteiger partial charge in [0.2, 0.25) is 0 Å². The number of hydrogen-bond donors (Lipinski definition) is 1. The average molecular weight is 348 g/mol. The molecule has 2 rings (SSSR count). The predicted molar refractivity (Wildman–Crippen MR) is 92.1 cm³/mol. The van der Waals surface area contributed by atoms with Crippen molar-refractivity contribution in [1.82, 2.24) is 5.32 Å². The number of halogens is 1. The van der Waals surface area contributed by atoms with Crippen molar-refractivity contribution in [3.63, 3.8) is 0 Å². The lowest BCUT2D eigenvalue weighted by molar-refractivity contribution is 0.473. The highest BCUT2D eigenvalue weighted by atomic mass is 79.9. The first-order chi connectivity index (χ1) is 9.95. The maximum atomic E-state index is 6.11. The number of aryl methyl sites for hydroxylation is 2. The van der Waals surface area contributed by atoms with E-state index in [1.54, 1.807) is 0 Å². The third-order valence-corrected chi connectivity index (χ3v) is 3.83. The van der Waals surface area contributed by atoms with Gasteiger partial charge in [-0.2, -0.15) is 0 Å². The maximum Gasteiger partial charge on any atom is 0.131 e. The van der Waals surface area contributed by atoms with Crippen LogP contribution in [0.25, 0.3) is 0 Å². The summed E-state index contributed by atoms with van der Waals surface area (Å²) in [6.07, 6.45) is 0. The number of hydrogen-bond acceptors (Lipinski definition) is 2. The van der Waals surface area contributed by atoms with Crippen LogP contribution < -0.4 is 10.1 Å². The highest BCUT2D eigenvalue weighted by molar-refractivity contribution is 9.10. The molecule has 0 saturated carbocycles. The molecule has 0 unspecified atom stereocenters. The van der Waals surface area contributed by atoms with Gasteiger partial charge in [0.05, 0.1) is 0 Å². The highest BCUT2D eigenvalue weighted by Crippen LogP contribution is 2.30. The van der Waals surface area contributed by atoms with Gasteiger partial charge in [-0.3, -0.25) is 0 Å². The zero-order valence-electron chi connectivity index (χ0n) is 13.0. The molecule has 0 aliphatic carbocycles. The molecule has 21 heavy (non-hydrogen) atoms. The summed E-state index contributed by atoms with van der Waals surface area (Å²) in [6.45, 7) is 9.28. The summed E-state index contributed by atoms with van der Waals surface area (Å²) < 4.78 is 7.14. The molecule has 2 aromatic carbocycles. The summed E-state index contributed by atoms with van der Waals surface area (Å²) in [5, 5.41) is 3.43. The fourth-order valence-electron chi connectivity index (χ4n) is 1.99. The molecule has 0 heterocycles. The molecule has 0 saturated heterocycles. The number of nitrogens with one attached hydrogen (secondary N) is 1. The van der Waals surface area contributed by atoms with E-state index >= 15 is 0 Å². The van der Waals surface area contributed by atoms with Gasteiger partial charge in [0, 0.05) is 17.1 Å². The predicted octanol–water partition coefficient (Wildman–Crippen LogP) is 5.36. The van der Waals surface area contributed by atoms with E-state index in [9.17, 15) is 0 Å². The molecule has 0 aliphatic rings. The normalized spacial score (nSPS) is 11.0. The fourth-order valence-corrected chi connectivity index (χ4v) is 2.33. The summed E-state index contributed by atoms with van der Waals surface area (Å²) in [6, 6.07) is 12.9. The van der Waals surface area contributed by atoms with Crippen LogP contribution in [0.15, 0.2) is 40.9 Å². The second kappa shape index (κ2) is 7.10. The Morgan fingerprint density at radius 3 is 2.29 bits per heavy atom. The molecular weight excluding hydrogens is 326 g/mol. The topological polar surface area (TPSA) is 21.3 Å². The van der Waals surface area contributed by atoms with Crippen molar-refractivity contribution < 1.29 is 4.74 Å². The van der Waals surface area contributed by atoms with Gasteiger partial charge in [0.15, 0.2) is 0 Å². The SMILES string of the molecule is Cc1ccc(Br)cc1Oc1cc(CNC(C)C)ccc1C. The lowest BCUT2D eigenvalue weighted by Gasteiger charge is -2.14. The van der Waals surface area contributed by atoms with Gasteiger partial charge in [-0.1, -0.05) is 48.0 Å². The molecule has 0 atom stereocenters. The molecule has 0 aromatic heterocycles. The highest BCUT2D eigenvalue weighted by Gasteiger charge is 2.07. The van der Waals surface area contributed by atoms with E-state index in [4.69, 9.17) is 4.74 Å². The van der Waals surface area contributed by atoms with Gasteiger partial charge in [-0.05, 0) is 48.7 Å². The van der Waals surface area contributed by atoms with Crippen LogP contribution in [0.4, 0.5) is 0 Å². The molecule has 1 N–H and O–H groups in total. The second-order valence-corrected chi connectivity index (χ2v) is 6.56. The van der Waals surface area contributed by atoms with Crippen LogP contribution in [0.5, 0.6) is 11.5 Å². The molecule has 3 heteroatoms. The number of benzene rings is 2. The van der Waals surface area contributed by atoms with Crippen LogP contribution in [0.2, 0.25) is 0 Å². The van der Waals surface area contributed by atoms with Gasteiger partial charge >= 0.3 is 0 Å². The van der Waals surface area contributed by atoms with Gasteiger partial charge in [-0.15, -0.1) is 0 Å². The minimum Gasteiger partial charge on any atom is -0.457 e. The van der Waals surface area contributed by atoms with Crippen molar-refractivity contribution in [3.8, 4) is 11.5 Å². The Kier molecular flexibility index (Phi) is 5.43. The van der Waals surface area contributed by atoms with Crippen LogP contribution in [-0.4, -0.2) is 6.04 Å². The van der Waals surface area contributed by atoms with Gasteiger partial charge in [0.1, 0.15) is 11.5 Å². The second-order valence-electron chi connectivity index (χ2n) is 5.65. The molecule has 2 aromatic rings. The van der Waals surface area contributed by atoms with Crippen molar-refractivity contribution in [2.24, 2.45) is 0 Å². The third kappa shape index (κ3) is 4.58. The quantitative estimate of drug-likeness (QED) is 0.786. The number of ether oxygens (including phenoxy) is 1. The van der Waals surface area contributed by atoms with E-state index in [-0.39, 0.29) is 0 Å². The Morgan fingerprint density at radius 1 is 1.00 bits per heavy atom. The molecule has 2 nitrogen and oxygen atoms in total. The lowest BCUT2D eigenvalue weighted by atomic mass is 10.1. The van der Waals surface area contributed by atoms with E-state index in [0.29, 0.717) is 6.04 Å². The summed E-state index contributed by atoms with van der Waals surface area (Å²) >= 11 is 3.49. The van der Waals surface area contributed by atoms with E-state index in [2.05, 4.69) is 73.2 Å². The molecule has 0 bridgehead atoms. The summed E-state index contributed by atoms with van der Waals surface area (Å²) in [4.78, 5) is 0. The molecule has 0 aliphatic heterocycles. The van der Waals surface area contributed by atoms with Gasteiger partial charge in [0.25, 0.3) is 0 Å². The number of rotatable bonds is 5. The molecule has 0 radical (unpaired) electrons. The van der Waals surface area contributed by atoms with E-state index < -0.39 is 0 Å². The standard InChI is InChI=1S/C18H22BrNO/c1-12(2)20-11-15-7-5-13(3)17(9-15)21-18-10-16(19)8-6-14(18)4/h5-10,12,20H,11H2,1-4H3. The van der Waals surface area contributed by atoms with Crippen molar-refractivity contribution >= 4 is 15.9 Å². The Morgan fingerprint density at radius 2 is 1.62 bits per heavy atom. The first-order valence-corrected chi connectivity index (χ1v) is 8.02. The minimum atomic E-state index is 0.475. The summed E-state index contributed by atoms with van der Waals surface area (Å²) in [5.74, 6) is 1.81. The Labute approximate surface area is 135 Å². The first-order valence-electron chi connectivity index (χ1n) is 7.22. The van der Waals surface area contributed by atoms with Crippen LogP contribution in [-0.2, 0) is 6.54 Å². The monoisotopic (exact) mass is 347 g/mol. The average Bonchev–Trinajstić information content (AvgIpc) is 2.43. The third-order valence-electron chi connectivity index (χ3n) is 3.34. The Balaban J connectivity index is 2.22. The first kappa shape index (κ1) is 16.1. The smallest absolute Gasteiger partial charge is 0.131 e. The van der Waals surface area contributed by atoms with Crippen molar-refractivity contribution in [2.45, 2.75) is 40.3 Å². The molecule has 112 valence electrons. The molecule has 0 fully saturated rings. The largest absolute Gasteiger partial charge is 0.457 e. The van der Waals surface area contributed by atoms with Crippen LogP contribution in [0.1, 0.15) is 30.5 Å². The lowest BCUT2D eigenvalue weighted by Crippen LogP contribution is -2.21. The van der Waals surface area contributed by atoms with E-state index in [0.717, 1.165) is 33.6 Å². The maximum absolute atomic E-state index is 6.11. The van der Waals surface area contributed by atoms with Gasteiger partial charge < -0.3 is 10.1 Å². The Bertz CT molecular complexity index is 623. The molecule has 0 spiro atoms. The van der Waals surface area contributed by atoms with Crippen LogP contribution in [0, 0.1) is 13.8 Å². The van der Waals surface area contributed by atoms with Crippen LogP contribution in [0.3, 0.4) is 0 Å². The zero-order chi connectivity index (χ0) is 15.4. The molecule has 0 amide bonds. The van der Waals surface area contributed by atoms with E-state index in [1.165, 1.54) is 5.56 Å². The van der Waals surface area contributed by atoms with Crippen molar-refractivity contribution in [2.75, 3.05) is 0 Å². The Hall–Kier alpha value is -1.32. The van der Waals surface area contributed by atoms with E-state index in [1.807, 2.05) is 12.1 Å². The minimum absolute atomic E-state index is 0.475. The summed E-state index contributed by atoms with van der Waals surface area (Å²) in [7, 11) is 0. The molecular formula is C18H22BrNO. The summed E-state index contributed by atoms with van der Waals surface area (Å²) in [5.41, 5.74) is 3.50. The zero-order valence-corrected chi connectivity index (χ0v) is 14.6. The van der Waals surface area contributed by atoms with Crippen molar-refractivity contribution in [1.29, 1.82) is 0 Å². The van der Waals surface area contributed by atoms with Gasteiger partial charge in [-0.25, -0.2) is 0 Å².